The lowest BCUT2D eigenvalue weighted by Crippen LogP contribution is -2.40. The van der Waals surface area contributed by atoms with E-state index in [2.05, 4.69) is 22.4 Å². The minimum absolute atomic E-state index is 0.210. The standard InChI is InChI=1S/C18H30N4OS2/c1-13-8-10-15(11-9-13)22(2)16(23)12-24-18-21-20-17(25-18)19-14-6-4-3-5-7-14/h13-15H,3-12H2,1-2H3,(H,19,20). The molecule has 1 N–H and O–H groups in total. The van der Waals surface area contributed by atoms with Crippen LogP contribution in [0.1, 0.15) is 64.7 Å². The third-order valence-corrected chi connectivity index (χ3v) is 7.56. The highest BCUT2D eigenvalue weighted by atomic mass is 32.2. The first-order valence-corrected chi connectivity index (χ1v) is 11.4. The van der Waals surface area contributed by atoms with Crippen molar-refractivity contribution in [3.05, 3.63) is 0 Å². The largest absolute Gasteiger partial charge is 0.357 e. The Morgan fingerprint density at radius 3 is 2.60 bits per heavy atom. The van der Waals surface area contributed by atoms with E-state index < -0.39 is 0 Å². The highest BCUT2D eigenvalue weighted by molar-refractivity contribution is 8.01. The molecular formula is C18H30N4OS2. The predicted octanol–water partition coefficient (Wildman–Crippen LogP) is 4.41. The van der Waals surface area contributed by atoms with E-state index >= 15 is 0 Å². The summed E-state index contributed by atoms with van der Waals surface area (Å²) in [7, 11) is 1.96. The van der Waals surface area contributed by atoms with E-state index in [9.17, 15) is 4.79 Å². The van der Waals surface area contributed by atoms with E-state index in [1.54, 1.807) is 11.3 Å². The van der Waals surface area contributed by atoms with Crippen LogP contribution in [-0.2, 0) is 4.79 Å². The molecule has 2 aliphatic rings. The Hall–Kier alpha value is -0.820. The summed E-state index contributed by atoms with van der Waals surface area (Å²) in [6.07, 6.45) is 11.2. The topological polar surface area (TPSA) is 58.1 Å². The van der Waals surface area contributed by atoms with Crippen molar-refractivity contribution in [3.63, 3.8) is 0 Å². The van der Waals surface area contributed by atoms with E-state index in [4.69, 9.17) is 0 Å². The van der Waals surface area contributed by atoms with Crippen LogP contribution in [0.15, 0.2) is 4.34 Å². The summed E-state index contributed by atoms with van der Waals surface area (Å²) in [6.45, 7) is 2.31. The molecule has 1 heterocycles. The summed E-state index contributed by atoms with van der Waals surface area (Å²) in [4.78, 5) is 14.4. The van der Waals surface area contributed by atoms with Crippen LogP contribution in [0.4, 0.5) is 5.13 Å². The van der Waals surface area contributed by atoms with Crippen LogP contribution >= 0.6 is 23.1 Å². The zero-order valence-electron chi connectivity index (χ0n) is 15.4. The lowest BCUT2D eigenvalue weighted by atomic mass is 9.87. The lowest BCUT2D eigenvalue weighted by molar-refractivity contribution is -0.129. The number of nitrogens with zero attached hydrogens (tertiary/aromatic N) is 3. The molecule has 3 rings (SSSR count). The molecule has 1 aromatic rings. The SMILES string of the molecule is CC1CCC(N(C)C(=O)CSc2nnc(NC3CCCCC3)s2)CC1. The number of carbonyl (C=O) groups is 1. The molecule has 0 aliphatic heterocycles. The van der Waals surface area contributed by atoms with Gasteiger partial charge in [-0.25, -0.2) is 0 Å². The molecule has 0 unspecified atom stereocenters. The maximum absolute atomic E-state index is 12.5. The van der Waals surface area contributed by atoms with Crippen molar-refractivity contribution >= 4 is 34.1 Å². The minimum Gasteiger partial charge on any atom is -0.357 e. The Kier molecular flexibility index (Phi) is 6.99. The number of rotatable bonds is 6. The molecule has 0 spiro atoms. The Balaban J connectivity index is 1.42. The van der Waals surface area contributed by atoms with Crippen LogP contribution in [0.5, 0.6) is 0 Å². The monoisotopic (exact) mass is 382 g/mol. The molecular weight excluding hydrogens is 352 g/mol. The van der Waals surface area contributed by atoms with Crippen molar-refractivity contribution in [1.29, 1.82) is 0 Å². The molecule has 25 heavy (non-hydrogen) atoms. The van der Waals surface area contributed by atoms with Crippen LogP contribution < -0.4 is 5.32 Å². The summed E-state index contributed by atoms with van der Waals surface area (Å²) in [5.74, 6) is 1.48. The van der Waals surface area contributed by atoms with Gasteiger partial charge in [0.15, 0.2) is 4.34 Å². The fraction of sp³-hybridized carbons (Fsp3) is 0.833. The molecule has 0 radical (unpaired) electrons. The maximum atomic E-state index is 12.5. The van der Waals surface area contributed by atoms with Gasteiger partial charge in [0.2, 0.25) is 11.0 Å². The van der Waals surface area contributed by atoms with Gasteiger partial charge in [-0.05, 0) is 44.4 Å². The van der Waals surface area contributed by atoms with Crippen molar-refractivity contribution in [2.24, 2.45) is 5.92 Å². The molecule has 2 fully saturated rings. The smallest absolute Gasteiger partial charge is 0.233 e. The molecule has 0 saturated heterocycles. The highest BCUT2D eigenvalue weighted by Gasteiger charge is 2.25. The molecule has 0 aromatic carbocycles. The van der Waals surface area contributed by atoms with Gasteiger partial charge >= 0.3 is 0 Å². The average Bonchev–Trinajstić information content (AvgIpc) is 3.08. The van der Waals surface area contributed by atoms with Crippen LogP contribution in [0.2, 0.25) is 0 Å². The predicted molar refractivity (Wildman–Crippen MR) is 105 cm³/mol. The minimum atomic E-state index is 0.210. The zero-order chi connectivity index (χ0) is 17.6. The summed E-state index contributed by atoms with van der Waals surface area (Å²) in [5.41, 5.74) is 0. The van der Waals surface area contributed by atoms with Crippen LogP contribution in [0.3, 0.4) is 0 Å². The van der Waals surface area contributed by atoms with Crippen LogP contribution in [-0.4, -0.2) is 45.9 Å². The molecule has 0 atom stereocenters. The summed E-state index contributed by atoms with van der Waals surface area (Å²) < 4.78 is 0.886. The number of hydrogen-bond donors (Lipinski definition) is 1. The molecule has 0 bridgehead atoms. The number of amides is 1. The Bertz CT molecular complexity index is 551. The number of thioether (sulfide) groups is 1. The number of hydrogen-bond acceptors (Lipinski definition) is 6. The third kappa shape index (κ3) is 5.58. The average molecular weight is 383 g/mol. The lowest BCUT2D eigenvalue weighted by Gasteiger charge is -2.33. The maximum Gasteiger partial charge on any atom is 0.233 e. The van der Waals surface area contributed by atoms with Crippen molar-refractivity contribution in [2.45, 2.75) is 81.1 Å². The first kappa shape index (κ1) is 19.0. The van der Waals surface area contributed by atoms with Gasteiger partial charge in [-0.2, -0.15) is 0 Å². The van der Waals surface area contributed by atoms with Crippen molar-refractivity contribution in [3.8, 4) is 0 Å². The summed E-state index contributed by atoms with van der Waals surface area (Å²) in [6, 6.07) is 0.961. The number of nitrogens with one attached hydrogen (secondary N) is 1. The third-order valence-electron chi connectivity index (χ3n) is 5.58. The Morgan fingerprint density at radius 1 is 1.16 bits per heavy atom. The van der Waals surface area contributed by atoms with E-state index in [0.717, 1.165) is 28.2 Å². The van der Waals surface area contributed by atoms with E-state index in [-0.39, 0.29) is 5.91 Å². The molecule has 2 saturated carbocycles. The fourth-order valence-electron chi connectivity index (χ4n) is 3.81. The van der Waals surface area contributed by atoms with Gasteiger partial charge in [0.1, 0.15) is 0 Å². The van der Waals surface area contributed by atoms with Crippen molar-refractivity contribution < 1.29 is 4.79 Å². The van der Waals surface area contributed by atoms with Gasteiger partial charge in [-0.15, -0.1) is 10.2 Å². The van der Waals surface area contributed by atoms with Gasteiger partial charge in [0.25, 0.3) is 0 Å². The van der Waals surface area contributed by atoms with E-state index in [1.165, 1.54) is 56.7 Å². The second kappa shape index (κ2) is 9.21. The highest BCUT2D eigenvalue weighted by Crippen LogP contribution is 2.30. The number of anilines is 1. The van der Waals surface area contributed by atoms with Gasteiger partial charge in [-0.1, -0.05) is 49.3 Å². The first-order chi connectivity index (χ1) is 12.1. The van der Waals surface area contributed by atoms with Gasteiger partial charge < -0.3 is 10.2 Å². The molecule has 7 heteroatoms. The van der Waals surface area contributed by atoms with E-state index in [0.29, 0.717) is 17.8 Å². The van der Waals surface area contributed by atoms with Gasteiger partial charge in [0, 0.05) is 19.1 Å². The van der Waals surface area contributed by atoms with Crippen LogP contribution in [0, 0.1) is 5.92 Å². The number of carbonyl (C=O) groups excluding carboxylic acids is 1. The van der Waals surface area contributed by atoms with Gasteiger partial charge in [0.05, 0.1) is 5.75 Å². The molecule has 140 valence electrons. The van der Waals surface area contributed by atoms with Crippen molar-refractivity contribution in [1.82, 2.24) is 15.1 Å². The molecule has 1 aromatic heterocycles. The normalized spacial score (nSPS) is 24.9. The zero-order valence-corrected chi connectivity index (χ0v) is 17.0. The second-order valence-corrected chi connectivity index (χ2v) is 9.76. The van der Waals surface area contributed by atoms with Crippen LogP contribution in [0.25, 0.3) is 0 Å². The van der Waals surface area contributed by atoms with Crippen molar-refractivity contribution in [2.75, 3.05) is 18.1 Å². The quantitative estimate of drug-likeness (QED) is 0.739. The van der Waals surface area contributed by atoms with E-state index in [1.807, 2.05) is 11.9 Å². The Morgan fingerprint density at radius 2 is 1.88 bits per heavy atom. The second-order valence-electron chi connectivity index (χ2n) is 7.56. The number of aromatic nitrogens is 2. The van der Waals surface area contributed by atoms with Gasteiger partial charge in [-0.3, -0.25) is 4.79 Å². The summed E-state index contributed by atoms with van der Waals surface area (Å²) in [5, 5.41) is 12.9. The molecule has 5 nitrogen and oxygen atoms in total. The Labute approximate surface area is 159 Å². The summed E-state index contributed by atoms with van der Waals surface area (Å²) >= 11 is 3.09. The molecule has 1 amide bonds. The fourth-order valence-corrected chi connectivity index (χ4v) is 5.56. The first-order valence-electron chi connectivity index (χ1n) is 9.60. The molecule has 2 aliphatic carbocycles.